The molecule has 1 heteroatoms. The van der Waals surface area contributed by atoms with Crippen LogP contribution < -0.4 is 0 Å². The Morgan fingerprint density at radius 3 is 2.30 bits per heavy atom. The summed E-state index contributed by atoms with van der Waals surface area (Å²) in [5.74, 6) is 1.01. The van der Waals surface area contributed by atoms with E-state index in [2.05, 4.69) is 12.6 Å². The maximum absolute atomic E-state index is 8.57. The molecule has 1 aliphatic carbocycles. The molecule has 1 nitrogen and oxygen atoms in total. The van der Waals surface area contributed by atoms with Gasteiger partial charge in [-0.2, -0.15) is 5.26 Å². The maximum atomic E-state index is 8.57. The van der Waals surface area contributed by atoms with E-state index in [9.17, 15) is 0 Å². The molecule has 0 aromatic heterocycles. The number of rotatable bonds is 1. The van der Waals surface area contributed by atoms with Crippen LogP contribution in [0.15, 0.2) is 12.7 Å². The van der Waals surface area contributed by atoms with E-state index in [1.54, 1.807) is 0 Å². The van der Waals surface area contributed by atoms with Crippen molar-refractivity contribution in [3.63, 3.8) is 0 Å². The zero-order valence-corrected chi connectivity index (χ0v) is 6.21. The van der Waals surface area contributed by atoms with Gasteiger partial charge in [-0.1, -0.05) is 6.08 Å². The number of hydrogen-bond donors (Lipinski definition) is 0. The van der Waals surface area contributed by atoms with Crippen molar-refractivity contribution in [3.8, 4) is 6.07 Å². The van der Waals surface area contributed by atoms with Gasteiger partial charge in [0.05, 0.1) is 6.07 Å². The van der Waals surface area contributed by atoms with Gasteiger partial charge in [-0.25, -0.2) is 0 Å². The Morgan fingerprint density at radius 2 is 1.90 bits per heavy atom. The van der Waals surface area contributed by atoms with Gasteiger partial charge >= 0.3 is 0 Å². The van der Waals surface area contributed by atoms with Gasteiger partial charge in [0.25, 0.3) is 0 Å². The van der Waals surface area contributed by atoms with E-state index in [4.69, 9.17) is 5.26 Å². The molecule has 0 aromatic rings. The Hall–Kier alpha value is -0.770. The van der Waals surface area contributed by atoms with Crippen LogP contribution in [-0.2, 0) is 0 Å². The third kappa shape index (κ3) is 1.60. The first-order valence-corrected chi connectivity index (χ1v) is 3.89. The number of nitrogens with zero attached hydrogens (tertiary/aromatic N) is 1. The van der Waals surface area contributed by atoms with Crippen LogP contribution in [0.5, 0.6) is 0 Å². The Morgan fingerprint density at radius 1 is 1.30 bits per heavy atom. The van der Waals surface area contributed by atoms with E-state index in [0.717, 1.165) is 12.8 Å². The highest BCUT2D eigenvalue weighted by Crippen LogP contribution is 2.28. The molecular weight excluding hydrogens is 122 g/mol. The Labute approximate surface area is 62.4 Å². The summed E-state index contributed by atoms with van der Waals surface area (Å²) < 4.78 is 0. The molecule has 1 rings (SSSR count). The van der Waals surface area contributed by atoms with Gasteiger partial charge in [0, 0.05) is 5.92 Å². The molecule has 1 aliphatic rings. The second-order valence-corrected chi connectivity index (χ2v) is 2.98. The largest absolute Gasteiger partial charge is 0.198 e. The lowest BCUT2D eigenvalue weighted by Gasteiger charge is -2.21. The normalized spacial score (nSPS) is 32.7. The van der Waals surface area contributed by atoms with E-state index < -0.39 is 0 Å². The standard InChI is InChI=1S/C9H13N/c1-2-8-3-5-9(7-10)6-4-8/h2,8-9H,1,3-6H2. The minimum Gasteiger partial charge on any atom is -0.198 e. The summed E-state index contributed by atoms with van der Waals surface area (Å²) in [4.78, 5) is 0. The smallest absolute Gasteiger partial charge is 0.0655 e. The summed E-state index contributed by atoms with van der Waals surface area (Å²) in [5, 5.41) is 8.57. The molecule has 0 bridgehead atoms. The van der Waals surface area contributed by atoms with Crippen LogP contribution in [0.1, 0.15) is 25.7 Å². The lowest BCUT2D eigenvalue weighted by molar-refractivity contribution is 0.363. The van der Waals surface area contributed by atoms with E-state index in [1.165, 1.54) is 12.8 Å². The van der Waals surface area contributed by atoms with Crippen molar-refractivity contribution in [1.82, 2.24) is 0 Å². The van der Waals surface area contributed by atoms with Crippen LogP contribution in [0.25, 0.3) is 0 Å². The molecule has 54 valence electrons. The van der Waals surface area contributed by atoms with Crippen LogP contribution in [0.4, 0.5) is 0 Å². The Balaban J connectivity index is 2.32. The van der Waals surface area contributed by atoms with Crippen molar-refractivity contribution in [2.45, 2.75) is 25.7 Å². The molecule has 0 aliphatic heterocycles. The monoisotopic (exact) mass is 135 g/mol. The molecule has 0 radical (unpaired) electrons. The lowest BCUT2D eigenvalue weighted by atomic mass is 9.83. The van der Waals surface area contributed by atoms with Gasteiger partial charge in [-0.15, -0.1) is 6.58 Å². The fraction of sp³-hybridized carbons (Fsp3) is 0.667. The van der Waals surface area contributed by atoms with Crippen molar-refractivity contribution < 1.29 is 0 Å². The first-order valence-electron chi connectivity index (χ1n) is 3.89. The van der Waals surface area contributed by atoms with E-state index in [0.29, 0.717) is 11.8 Å². The molecule has 10 heavy (non-hydrogen) atoms. The van der Waals surface area contributed by atoms with Crippen molar-refractivity contribution >= 4 is 0 Å². The first-order chi connectivity index (χ1) is 4.86. The summed E-state index contributed by atoms with van der Waals surface area (Å²) in [5.41, 5.74) is 0. The summed E-state index contributed by atoms with van der Waals surface area (Å²) in [6.45, 7) is 3.75. The zero-order valence-electron chi connectivity index (χ0n) is 6.21. The number of allylic oxidation sites excluding steroid dienone is 1. The highest BCUT2D eigenvalue weighted by atomic mass is 14.3. The highest BCUT2D eigenvalue weighted by molar-refractivity contribution is 4.91. The van der Waals surface area contributed by atoms with Gasteiger partial charge in [-0.3, -0.25) is 0 Å². The molecule has 0 unspecified atom stereocenters. The van der Waals surface area contributed by atoms with Gasteiger partial charge < -0.3 is 0 Å². The van der Waals surface area contributed by atoms with Crippen LogP contribution >= 0.6 is 0 Å². The predicted molar refractivity (Wildman–Crippen MR) is 41.3 cm³/mol. The van der Waals surface area contributed by atoms with Crippen LogP contribution in [0, 0.1) is 23.2 Å². The average Bonchev–Trinajstić information content (AvgIpc) is 2.05. The topological polar surface area (TPSA) is 23.8 Å². The lowest BCUT2D eigenvalue weighted by Crippen LogP contribution is -2.10. The van der Waals surface area contributed by atoms with E-state index in [1.807, 2.05) is 6.08 Å². The molecular formula is C9H13N. The Kier molecular flexibility index (Phi) is 2.50. The highest BCUT2D eigenvalue weighted by Gasteiger charge is 2.17. The molecule has 0 amide bonds. The molecule has 0 heterocycles. The van der Waals surface area contributed by atoms with Crippen LogP contribution in [0.2, 0.25) is 0 Å². The first kappa shape index (κ1) is 7.34. The molecule has 0 aromatic carbocycles. The molecule has 0 spiro atoms. The fourth-order valence-electron chi connectivity index (χ4n) is 1.48. The minimum absolute atomic E-state index is 0.330. The molecule has 0 atom stereocenters. The van der Waals surface area contributed by atoms with E-state index >= 15 is 0 Å². The molecule has 1 saturated carbocycles. The SMILES string of the molecule is C=CC1CCC(C#N)CC1. The summed E-state index contributed by atoms with van der Waals surface area (Å²) >= 11 is 0. The second kappa shape index (κ2) is 3.41. The third-order valence-corrected chi connectivity index (χ3v) is 2.29. The minimum atomic E-state index is 0.330. The maximum Gasteiger partial charge on any atom is 0.0655 e. The van der Waals surface area contributed by atoms with Gasteiger partial charge in [0.2, 0.25) is 0 Å². The predicted octanol–water partition coefficient (Wildman–Crippen LogP) is 2.50. The molecule has 0 saturated heterocycles. The summed E-state index contributed by atoms with van der Waals surface area (Å²) in [6, 6.07) is 2.31. The van der Waals surface area contributed by atoms with E-state index in [-0.39, 0.29) is 0 Å². The molecule has 0 N–H and O–H groups in total. The second-order valence-electron chi connectivity index (χ2n) is 2.98. The summed E-state index contributed by atoms with van der Waals surface area (Å²) in [7, 11) is 0. The van der Waals surface area contributed by atoms with Crippen LogP contribution in [0.3, 0.4) is 0 Å². The third-order valence-electron chi connectivity index (χ3n) is 2.29. The van der Waals surface area contributed by atoms with Gasteiger partial charge in [0.15, 0.2) is 0 Å². The molecule has 1 fully saturated rings. The van der Waals surface area contributed by atoms with Gasteiger partial charge in [-0.05, 0) is 31.6 Å². The number of nitriles is 1. The average molecular weight is 135 g/mol. The van der Waals surface area contributed by atoms with Crippen LogP contribution in [-0.4, -0.2) is 0 Å². The van der Waals surface area contributed by atoms with Crippen molar-refractivity contribution in [3.05, 3.63) is 12.7 Å². The Bertz CT molecular complexity index is 147. The van der Waals surface area contributed by atoms with Crippen molar-refractivity contribution in [1.29, 1.82) is 5.26 Å². The van der Waals surface area contributed by atoms with Gasteiger partial charge in [0.1, 0.15) is 0 Å². The fourth-order valence-corrected chi connectivity index (χ4v) is 1.48. The van der Waals surface area contributed by atoms with Crippen molar-refractivity contribution in [2.24, 2.45) is 11.8 Å². The summed E-state index contributed by atoms with van der Waals surface area (Å²) in [6.07, 6.45) is 6.51. The van der Waals surface area contributed by atoms with Crippen molar-refractivity contribution in [2.75, 3.05) is 0 Å². The number of hydrogen-bond acceptors (Lipinski definition) is 1. The quantitative estimate of drug-likeness (QED) is 0.507. The zero-order chi connectivity index (χ0) is 7.40.